The fourth-order valence-electron chi connectivity index (χ4n) is 1.61. The fourth-order valence-corrected chi connectivity index (χ4v) is 1.61. The minimum Gasteiger partial charge on any atom is -0.439 e. The molecule has 2 rings (SSSR count). The van der Waals surface area contributed by atoms with E-state index in [1.54, 1.807) is 6.20 Å². The summed E-state index contributed by atoms with van der Waals surface area (Å²) in [6.45, 7) is 3.84. The molecule has 0 radical (unpaired) electrons. The molecule has 1 amide bonds. The van der Waals surface area contributed by atoms with Crippen LogP contribution in [0.4, 0.5) is 4.79 Å². The lowest BCUT2D eigenvalue weighted by Gasteiger charge is -2.12. The Labute approximate surface area is 82.3 Å². The van der Waals surface area contributed by atoms with Crippen LogP contribution in [-0.4, -0.2) is 17.1 Å². The van der Waals surface area contributed by atoms with Gasteiger partial charge in [0.25, 0.3) is 0 Å². The molecular weight excluding hydrogens is 180 g/mol. The van der Waals surface area contributed by atoms with E-state index in [0.717, 1.165) is 11.3 Å². The minimum atomic E-state index is -0.350. The number of nitrogens with zero attached hydrogens (tertiary/aromatic N) is 1. The number of carbonyl (C=O) groups excluding carboxylic acids is 1. The Hall–Kier alpha value is -1.58. The first-order valence-electron chi connectivity index (χ1n) is 4.56. The SMILES string of the molecule is Cc1cc([C@H]2OC(=O)N[C@H]2C)ccn1. The van der Waals surface area contributed by atoms with Gasteiger partial charge in [-0.1, -0.05) is 0 Å². The van der Waals surface area contributed by atoms with Crippen molar-refractivity contribution in [3.8, 4) is 0 Å². The highest BCUT2D eigenvalue weighted by molar-refractivity contribution is 5.70. The van der Waals surface area contributed by atoms with Gasteiger partial charge >= 0.3 is 6.09 Å². The van der Waals surface area contributed by atoms with Crippen LogP contribution in [0.15, 0.2) is 18.3 Å². The first-order chi connectivity index (χ1) is 6.66. The van der Waals surface area contributed by atoms with Gasteiger partial charge in [0.15, 0.2) is 0 Å². The molecule has 74 valence electrons. The highest BCUT2D eigenvalue weighted by Gasteiger charge is 2.31. The monoisotopic (exact) mass is 192 g/mol. The van der Waals surface area contributed by atoms with Gasteiger partial charge in [-0.05, 0) is 31.5 Å². The summed E-state index contributed by atoms with van der Waals surface area (Å²) in [6.07, 6.45) is 1.19. The Balaban J connectivity index is 2.27. The maximum absolute atomic E-state index is 11.0. The predicted molar refractivity (Wildman–Crippen MR) is 50.8 cm³/mol. The molecule has 1 aliphatic heterocycles. The van der Waals surface area contributed by atoms with Crippen molar-refractivity contribution in [2.45, 2.75) is 26.0 Å². The van der Waals surface area contributed by atoms with Gasteiger partial charge < -0.3 is 10.1 Å². The highest BCUT2D eigenvalue weighted by atomic mass is 16.6. The molecule has 1 aromatic heterocycles. The number of alkyl carbamates (subject to hydrolysis) is 1. The van der Waals surface area contributed by atoms with Crippen molar-refractivity contribution in [1.82, 2.24) is 10.3 Å². The van der Waals surface area contributed by atoms with Gasteiger partial charge in [-0.15, -0.1) is 0 Å². The summed E-state index contributed by atoms with van der Waals surface area (Å²) in [5.41, 5.74) is 1.92. The van der Waals surface area contributed by atoms with Crippen LogP contribution in [0.3, 0.4) is 0 Å². The number of amides is 1. The number of cyclic esters (lactones) is 1. The van der Waals surface area contributed by atoms with Crippen LogP contribution in [0, 0.1) is 6.92 Å². The van der Waals surface area contributed by atoms with E-state index in [1.807, 2.05) is 26.0 Å². The van der Waals surface area contributed by atoms with Gasteiger partial charge in [-0.25, -0.2) is 4.79 Å². The molecule has 0 spiro atoms. The molecule has 1 saturated heterocycles. The lowest BCUT2D eigenvalue weighted by molar-refractivity contribution is 0.134. The number of aromatic nitrogens is 1. The van der Waals surface area contributed by atoms with E-state index in [0.29, 0.717) is 0 Å². The zero-order chi connectivity index (χ0) is 10.1. The Bertz CT molecular complexity index is 365. The van der Waals surface area contributed by atoms with Gasteiger partial charge in [-0.3, -0.25) is 4.98 Å². The van der Waals surface area contributed by atoms with E-state index in [1.165, 1.54) is 0 Å². The zero-order valence-corrected chi connectivity index (χ0v) is 8.15. The average Bonchev–Trinajstić information content (AvgIpc) is 2.45. The number of hydrogen-bond donors (Lipinski definition) is 1. The molecule has 1 aromatic rings. The maximum Gasteiger partial charge on any atom is 0.408 e. The summed E-state index contributed by atoms with van der Waals surface area (Å²) in [6, 6.07) is 3.82. The second kappa shape index (κ2) is 3.29. The van der Waals surface area contributed by atoms with Crippen molar-refractivity contribution < 1.29 is 9.53 Å². The molecular formula is C10H12N2O2. The van der Waals surface area contributed by atoms with E-state index in [9.17, 15) is 4.79 Å². The molecule has 0 aliphatic carbocycles. The van der Waals surface area contributed by atoms with Crippen molar-refractivity contribution in [1.29, 1.82) is 0 Å². The van der Waals surface area contributed by atoms with Crippen molar-refractivity contribution in [3.05, 3.63) is 29.6 Å². The Morgan fingerprint density at radius 1 is 1.57 bits per heavy atom. The zero-order valence-electron chi connectivity index (χ0n) is 8.15. The molecule has 2 heterocycles. The Kier molecular flexibility index (Phi) is 2.11. The fraction of sp³-hybridized carbons (Fsp3) is 0.400. The van der Waals surface area contributed by atoms with E-state index < -0.39 is 0 Å². The molecule has 0 saturated carbocycles. The van der Waals surface area contributed by atoms with Crippen molar-refractivity contribution >= 4 is 6.09 Å². The molecule has 0 bridgehead atoms. The summed E-state index contributed by atoms with van der Waals surface area (Å²) in [7, 11) is 0. The lowest BCUT2D eigenvalue weighted by atomic mass is 10.1. The van der Waals surface area contributed by atoms with Crippen LogP contribution in [-0.2, 0) is 4.74 Å². The molecule has 14 heavy (non-hydrogen) atoms. The standard InChI is InChI=1S/C10H12N2O2/c1-6-5-8(3-4-11-6)9-7(2)12-10(13)14-9/h3-5,7,9H,1-2H3,(H,12,13)/t7-,9-/m0/s1. The van der Waals surface area contributed by atoms with Gasteiger partial charge in [-0.2, -0.15) is 0 Å². The second-order valence-electron chi connectivity index (χ2n) is 3.49. The number of rotatable bonds is 1. The number of hydrogen-bond acceptors (Lipinski definition) is 3. The molecule has 1 aliphatic rings. The number of carbonyl (C=O) groups is 1. The van der Waals surface area contributed by atoms with Crippen LogP contribution in [0.5, 0.6) is 0 Å². The summed E-state index contributed by atoms with van der Waals surface area (Å²) >= 11 is 0. The predicted octanol–water partition coefficient (Wildman–Crippen LogP) is 1.56. The van der Waals surface area contributed by atoms with Crippen LogP contribution >= 0.6 is 0 Å². The van der Waals surface area contributed by atoms with Gasteiger partial charge in [0, 0.05) is 11.9 Å². The minimum absolute atomic E-state index is 0.0179. The molecule has 0 unspecified atom stereocenters. The third-order valence-electron chi connectivity index (χ3n) is 2.28. The van der Waals surface area contributed by atoms with Crippen LogP contribution in [0.25, 0.3) is 0 Å². The van der Waals surface area contributed by atoms with E-state index in [2.05, 4.69) is 10.3 Å². The van der Waals surface area contributed by atoms with Crippen LogP contribution in [0.2, 0.25) is 0 Å². The van der Waals surface area contributed by atoms with Gasteiger partial charge in [0.2, 0.25) is 0 Å². The topological polar surface area (TPSA) is 51.2 Å². The Morgan fingerprint density at radius 3 is 2.93 bits per heavy atom. The highest BCUT2D eigenvalue weighted by Crippen LogP contribution is 2.25. The maximum atomic E-state index is 11.0. The van der Waals surface area contributed by atoms with E-state index in [-0.39, 0.29) is 18.2 Å². The van der Waals surface area contributed by atoms with Crippen LogP contribution < -0.4 is 5.32 Å². The summed E-state index contributed by atoms with van der Waals surface area (Å²) in [5, 5.41) is 2.70. The van der Waals surface area contributed by atoms with Crippen molar-refractivity contribution in [2.75, 3.05) is 0 Å². The second-order valence-corrected chi connectivity index (χ2v) is 3.49. The molecule has 1 fully saturated rings. The van der Waals surface area contributed by atoms with Crippen molar-refractivity contribution in [3.63, 3.8) is 0 Å². The largest absolute Gasteiger partial charge is 0.439 e. The molecule has 2 atom stereocenters. The van der Waals surface area contributed by atoms with Crippen molar-refractivity contribution in [2.24, 2.45) is 0 Å². The summed E-state index contributed by atoms with van der Waals surface area (Å²) in [4.78, 5) is 15.1. The average molecular weight is 192 g/mol. The molecule has 0 aromatic carbocycles. The molecule has 4 nitrogen and oxygen atoms in total. The first kappa shape index (κ1) is 8.99. The Morgan fingerprint density at radius 2 is 2.36 bits per heavy atom. The van der Waals surface area contributed by atoms with E-state index in [4.69, 9.17) is 4.74 Å². The van der Waals surface area contributed by atoms with Gasteiger partial charge in [0.05, 0.1) is 6.04 Å². The number of ether oxygens (including phenoxy) is 1. The number of aryl methyl sites for hydroxylation is 1. The molecule has 1 N–H and O–H groups in total. The number of nitrogens with one attached hydrogen (secondary N) is 1. The number of pyridine rings is 1. The third kappa shape index (κ3) is 1.55. The quantitative estimate of drug-likeness (QED) is 0.734. The van der Waals surface area contributed by atoms with Gasteiger partial charge in [0.1, 0.15) is 6.10 Å². The normalized spacial score (nSPS) is 25.7. The smallest absolute Gasteiger partial charge is 0.408 e. The summed E-state index contributed by atoms with van der Waals surface area (Å²) < 4.78 is 5.14. The molecule has 4 heteroatoms. The first-order valence-corrected chi connectivity index (χ1v) is 4.56. The lowest BCUT2D eigenvalue weighted by Crippen LogP contribution is -2.23. The van der Waals surface area contributed by atoms with Crippen LogP contribution in [0.1, 0.15) is 24.3 Å². The third-order valence-corrected chi connectivity index (χ3v) is 2.28. The van der Waals surface area contributed by atoms with E-state index >= 15 is 0 Å². The summed E-state index contributed by atoms with van der Waals surface area (Å²) in [5.74, 6) is 0.